The Kier molecular flexibility index (Phi) is 9.98. The number of rotatable bonds is 11. The Hall–Kier alpha value is -3.70. The highest BCUT2D eigenvalue weighted by molar-refractivity contribution is 6.29. The lowest BCUT2D eigenvalue weighted by Crippen LogP contribution is -2.39. The molecule has 242 valence electrons. The molecule has 5 rings (SSSR count). The van der Waals surface area contributed by atoms with Crippen LogP contribution in [0.5, 0.6) is 0 Å². The maximum Gasteiger partial charge on any atom is 0.410 e. The normalized spacial score (nSPS) is 18.5. The number of hydrogen-bond acceptors (Lipinski definition) is 7. The molecule has 45 heavy (non-hydrogen) atoms. The van der Waals surface area contributed by atoms with Crippen molar-refractivity contribution in [3.05, 3.63) is 59.4 Å². The molecule has 0 saturated heterocycles. The van der Waals surface area contributed by atoms with Gasteiger partial charge in [0, 0.05) is 44.1 Å². The molecule has 1 aliphatic rings. The summed E-state index contributed by atoms with van der Waals surface area (Å²) in [6.07, 6.45) is 7.09. The summed E-state index contributed by atoms with van der Waals surface area (Å²) in [5, 5.41) is 9.14. The first-order valence-electron chi connectivity index (χ1n) is 15.6. The van der Waals surface area contributed by atoms with Gasteiger partial charge in [0.05, 0.1) is 11.1 Å². The van der Waals surface area contributed by atoms with Gasteiger partial charge in [-0.05, 0) is 107 Å². The zero-order chi connectivity index (χ0) is 32.3. The van der Waals surface area contributed by atoms with Crippen molar-refractivity contribution in [2.75, 3.05) is 31.9 Å². The topological polar surface area (TPSA) is 116 Å². The van der Waals surface area contributed by atoms with Gasteiger partial charge >= 0.3 is 6.09 Å². The molecule has 3 aromatic heterocycles. The second-order valence-corrected chi connectivity index (χ2v) is 13.5. The first kappa shape index (κ1) is 32.7. The molecule has 3 N–H and O–H groups in total. The SMILES string of the molecule is C[C@H]1C[C@H](n2cc(-c3ccn(C)n3)c3c(N)nc(Cl)nc32)CC1CNCCCN(CCc1ccc(F)cc1)C(=O)OC(C)(C)C. The largest absolute Gasteiger partial charge is 0.444 e. The number of nitrogen functional groups attached to an aromatic ring is 1. The summed E-state index contributed by atoms with van der Waals surface area (Å²) in [5.74, 6) is 1.06. The van der Waals surface area contributed by atoms with Gasteiger partial charge in [0.25, 0.3) is 0 Å². The maximum absolute atomic E-state index is 13.3. The van der Waals surface area contributed by atoms with Gasteiger partial charge in [-0.2, -0.15) is 10.1 Å². The second-order valence-electron chi connectivity index (χ2n) is 13.2. The number of hydrogen-bond donors (Lipinski definition) is 2. The molecule has 12 heteroatoms. The van der Waals surface area contributed by atoms with Gasteiger partial charge in [0.1, 0.15) is 22.9 Å². The molecule has 3 heterocycles. The number of anilines is 1. The van der Waals surface area contributed by atoms with E-state index in [4.69, 9.17) is 22.1 Å². The lowest BCUT2D eigenvalue weighted by atomic mass is 9.98. The first-order valence-corrected chi connectivity index (χ1v) is 16.0. The fourth-order valence-electron chi connectivity index (χ4n) is 6.21. The molecule has 0 radical (unpaired) electrons. The van der Waals surface area contributed by atoms with E-state index < -0.39 is 5.60 Å². The van der Waals surface area contributed by atoms with Crippen molar-refractivity contribution in [1.82, 2.24) is 34.5 Å². The Morgan fingerprint density at radius 1 is 1.18 bits per heavy atom. The monoisotopic (exact) mass is 638 g/mol. The van der Waals surface area contributed by atoms with Crippen LogP contribution in [0.2, 0.25) is 5.28 Å². The molecule has 1 aromatic carbocycles. The molecule has 4 aromatic rings. The highest BCUT2D eigenvalue weighted by Crippen LogP contribution is 2.43. The van der Waals surface area contributed by atoms with Crippen molar-refractivity contribution in [2.24, 2.45) is 18.9 Å². The zero-order valence-electron chi connectivity index (χ0n) is 26.8. The molecule has 1 fully saturated rings. The Balaban J connectivity index is 1.18. The number of amides is 1. The molecule has 1 amide bonds. The molecule has 0 bridgehead atoms. The van der Waals surface area contributed by atoms with E-state index in [0.717, 1.165) is 60.2 Å². The van der Waals surface area contributed by atoms with Crippen LogP contribution in [0.15, 0.2) is 42.7 Å². The van der Waals surface area contributed by atoms with Crippen LogP contribution in [0.4, 0.5) is 15.0 Å². The van der Waals surface area contributed by atoms with E-state index in [1.807, 2.05) is 40.1 Å². The van der Waals surface area contributed by atoms with Crippen molar-refractivity contribution >= 4 is 34.5 Å². The average molecular weight is 639 g/mol. The maximum atomic E-state index is 13.3. The van der Waals surface area contributed by atoms with Gasteiger partial charge in [-0.25, -0.2) is 14.2 Å². The molecular formula is C33H44ClFN8O2. The number of carbonyl (C=O) groups excluding carboxylic acids is 1. The number of aryl methyl sites for hydroxylation is 1. The Bertz CT molecular complexity index is 1610. The highest BCUT2D eigenvalue weighted by atomic mass is 35.5. The van der Waals surface area contributed by atoms with Crippen LogP contribution < -0.4 is 11.1 Å². The predicted octanol–water partition coefficient (Wildman–Crippen LogP) is 6.25. The van der Waals surface area contributed by atoms with E-state index in [2.05, 4.69) is 38.1 Å². The van der Waals surface area contributed by atoms with E-state index in [0.29, 0.717) is 37.2 Å². The van der Waals surface area contributed by atoms with Crippen LogP contribution >= 0.6 is 11.6 Å². The summed E-state index contributed by atoms with van der Waals surface area (Å²) in [4.78, 5) is 23.5. The average Bonchev–Trinajstić information content (AvgIpc) is 3.66. The minimum Gasteiger partial charge on any atom is -0.444 e. The third kappa shape index (κ3) is 8.12. The van der Waals surface area contributed by atoms with Gasteiger partial charge < -0.3 is 25.3 Å². The van der Waals surface area contributed by atoms with Crippen LogP contribution in [0.25, 0.3) is 22.3 Å². The number of nitrogens with zero attached hydrogens (tertiary/aromatic N) is 6. The molecule has 1 saturated carbocycles. The lowest BCUT2D eigenvalue weighted by Gasteiger charge is -2.27. The second kappa shape index (κ2) is 13.7. The van der Waals surface area contributed by atoms with Crippen molar-refractivity contribution in [3.8, 4) is 11.3 Å². The number of carbonyl (C=O) groups is 1. The third-order valence-corrected chi connectivity index (χ3v) is 8.67. The number of benzene rings is 1. The predicted molar refractivity (Wildman–Crippen MR) is 175 cm³/mol. The summed E-state index contributed by atoms with van der Waals surface area (Å²) < 4.78 is 23.0. The van der Waals surface area contributed by atoms with Crippen LogP contribution in [0.1, 0.15) is 58.6 Å². The fourth-order valence-corrected chi connectivity index (χ4v) is 6.38. The first-order chi connectivity index (χ1) is 21.4. The molecule has 1 unspecified atom stereocenters. The van der Waals surface area contributed by atoms with Gasteiger partial charge in [0.2, 0.25) is 5.28 Å². The summed E-state index contributed by atoms with van der Waals surface area (Å²) >= 11 is 6.26. The quantitative estimate of drug-likeness (QED) is 0.147. The van der Waals surface area contributed by atoms with Gasteiger partial charge in [0.15, 0.2) is 0 Å². The molecule has 0 aliphatic heterocycles. The van der Waals surface area contributed by atoms with Crippen molar-refractivity contribution in [2.45, 2.75) is 65.0 Å². The van der Waals surface area contributed by atoms with Gasteiger partial charge in [-0.1, -0.05) is 19.1 Å². The van der Waals surface area contributed by atoms with Gasteiger partial charge in [-0.3, -0.25) is 4.68 Å². The number of nitrogens with one attached hydrogen (secondary N) is 1. The van der Waals surface area contributed by atoms with Crippen molar-refractivity contribution < 1.29 is 13.9 Å². The number of halogens is 2. The summed E-state index contributed by atoms with van der Waals surface area (Å²) in [7, 11) is 1.89. The number of aromatic nitrogens is 5. The summed E-state index contributed by atoms with van der Waals surface area (Å²) in [6.45, 7) is 10.6. The summed E-state index contributed by atoms with van der Waals surface area (Å²) in [6, 6.07) is 8.61. The molecule has 1 aliphatic carbocycles. The molecule has 10 nitrogen and oxygen atoms in total. The number of ether oxygens (including phenoxy) is 1. The van der Waals surface area contributed by atoms with Crippen LogP contribution in [0, 0.1) is 17.7 Å². The minimum absolute atomic E-state index is 0.134. The van der Waals surface area contributed by atoms with E-state index in [1.165, 1.54) is 12.1 Å². The smallest absolute Gasteiger partial charge is 0.410 e. The summed E-state index contributed by atoms with van der Waals surface area (Å²) in [5.41, 5.74) is 9.21. The lowest BCUT2D eigenvalue weighted by molar-refractivity contribution is 0.0250. The van der Waals surface area contributed by atoms with Gasteiger partial charge in [-0.15, -0.1) is 0 Å². The van der Waals surface area contributed by atoms with E-state index in [9.17, 15) is 9.18 Å². The fraction of sp³-hybridized carbons (Fsp3) is 0.515. The van der Waals surface area contributed by atoms with E-state index in [1.54, 1.807) is 21.7 Å². The highest BCUT2D eigenvalue weighted by Gasteiger charge is 2.34. The van der Waals surface area contributed by atoms with E-state index in [-0.39, 0.29) is 23.2 Å². The van der Waals surface area contributed by atoms with Crippen molar-refractivity contribution in [1.29, 1.82) is 0 Å². The Morgan fingerprint density at radius 3 is 2.62 bits per heavy atom. The van der Waals surface area contributed by atoms with Crippen LogP contribution in [-0.2, 0) is 18.2 Å². The Labute approximate surface area is 269 Å². The van der Waals surface area contributed by atoms with E-state index >= 15 is 0 Å². The zero-order valence-corrected chi connectivity index (χ0v) is 27.5. The molecule has 0 spiro atoms. The van der Waals surface area contributed by atoms with Crippen molar-refractivity contribution in [3.63, 3.8) is 0 Å². The van der Waals surface area contributed by atoms with Crippen LogP contribution in [0.3, 0.4) is 0 Å². The third-order valence-electron chi connectivity index (χ3n) is 8.50. The molecular weight excluding hydrogens is 595 g/mol. The minimum atomic E-state index is -0.578. The van der Waals surface area contributed by atoms with Crippen LogP contribution in [-0.4, -0.2) is 67.1 Å². The number of fused-ring (bicyclic) bond motifs is 1. The standard InChI is InChI=1S/C33H44ClFN8O2/c1-21-17-25(43-20-26(27-12-15-41(5)40-27)28-29(36)38-31(34)39-30(28)43)18-23(21)19-37-13-6-14-42(32(44)45-33(2,3)4)16-11-22-7-9-24(35)10-8-22/h7-10,12,15,20-21,23,25,37H,6,11,13-14,16-19H2,1-5H3,(H2,36,38,39)/t21-,23?,25-/m0/s1. The molecule has 3 atom stereocenters. The number of nitrogens with two attached hydrogens (primary N) is 1. The Morgan fingerprint density at radius 2 is 1.93 bits per heavy atom.